The number of hydrogen-bond donors (Lipinski definition) is 3. The molecule has 4 rings (SSSR count). The lowest BCUT2D eigenvalue weighted by Gasteiger charge is -2.33. The van der Waals surface area contributed by atoms with Crippen LogP contribution >= 0.6 is 0 Å². The molecule has 0 unspecified atom stereocenters. The third kappa shape index (κ3) is 8.54. The molecule has 2 fully saturated rings. The Morgan fingerprint density at radius 2 is 1.58 bits per heavy atom. The Morgan fingerprint density at radius 3 is 2.13 bits per heavy atom. The fourth-order valence-electron chi connectivity index (χ4n) is 6.16. The van der Waals surface area contributed by atoms with Gasteiger partial charge in [-0.15, -0.1) is 0 Å². The summed E-state index contributed by atoms with van der Waals surface area (Å²) in [5, 5.41) is 12.3. The number of nitrogens with one attached hydrogen (secondary N) is 3. The van der Waals surface area contributed by atoms with Crippen LogP contribution in [0.2, 0.25) is 0 Å². The van der Waals surface area contributed by atoms with Crippen LogP contribution in [-0.4, -0.2) is 65.0 Å². The molecule has 12 nitrogen and oxygen atoms in total. The first kappa shape index (κ1) is 33.3. The van der Waals surface area contributed by atoms with Gasteiger partial charge in [-0.2, -0.15) is 0 Å². The molecule has 240 valence electrons. The van der Waals surface area contributed by atoms with Gasteiger partial charge in [0.2, 0.25) is 17.7 Å². The van der Waals surface area contributed by atoms with Crippen molar-refractivity contribution in [2.45, 2.75) is 95.6 Å². The molecule has 2 saturated heterocycles. The molecule has 0 radical (unpaired) electrons. The lowest BCUT2D eigenvalue weighted by Crippen LogP contribution is -2.59. The highest BCUT2D eigenvalue weighted by atomic mass is 16.6. The number of ether oxygens (including phenoxy) is 1. The molecule has 45 heavy (non-hydrogen) atoms. The highest BCUT2D eigenvalue weighted by Gasteiger charge is 2.48. The van der Waals surface area contributed by atoms with Crippen molar-refractivity contribution in [2.24, 2.45) is 11.0 Å². The first-order valence-corrected chi connectivity index (χ1v) is 15.6. The van der Waals surface area contributed by atoms with Crippen LogP contribution in [0.3, 0.4) is 0 Å². The summed E-state index contributed by atoms with van der Waals surface area (Å²) in [5.74, 6) is -1.71. The van der Waals surface area contributed by atoms with Crippen molar-refractivity contribution in [3.63, 3.8) is 0 Å². The molecule has 0 aromatic heterocycles. The SMILES string of the molecule is CC[C@H](NC(=O)OC(C)(C)C)C(=O)N[C@@H]1C(=O)N2[C@@H](CC[C@@H]1CN=[N+]=[N-])CC[C@H]2C(=O)NC(c1ccccc1)c1ccccc1. The topological polar surface area (TPSA) is 166 Å². The molecule has 12 heteroatoms. The maximum absolute atomic E-state index is 14.3. The van der Waals surface area contributed by atoms with E-state index in [2.05, 4.69) is 26.0 Å². The Labute approximate surface area is 263 Å². The number of rotatable bonds is 10. The van der Waals surface area contributed by atoms with Gasteiger partial charge in [-0.3, -0.25) is 14.4 Å². The van der Waals surface area contributed by atoms with Crippen LogP contribution in [0.1, 0.15) is 77.0 Å². The molecule has 0 bridgehead atoms. The minimum atomic E-state index is -1.05. The molecule has 0 saturated carbocycles. The fourth-order valence-corrected chi connectivity index (χ4v) is 6.16. The van der Waals surface area contributed by atoms with Gasteiger partial charge in [0.1, 0.15) is 23.7 Å². The quantitative estimate of drug-likeness (QED) is 0.198. The maximum Gasteiger partial charge on any atom is 0.408 e. The van der Waals surface area contributed by atoms with Gasteiger partial charge in [-0.05, 0) is 75.5 Å². The predicted molar refractivity (Wildman–Crippen MR) is 169 cm³/mol. The van der Waals surface area contributed by atoms with E-state index >= 15 is 0 Å². The third-order valence-corrected chi connectivity index (χ3v) is 8.31. The van der Waals surface area contributed by atoms with Crippen LogP contribution in [0, 0.1) is 5.92 Å². The first-order valence-electron chi connectivity index (χ1n) is 15.6. The Balaban J connectivity index is 1.57. The van der Waals surface area contributed by atoms with Gasteiger partial charge in [0.15, 0.2) is 0 Å². The Bertz CT molecular complexity index is 1350. The first-order chi connectivity index (χ1) is 21.5. The number of benzene rings is 2. The Kier molecular flexibility index (Phi) is 11.1. The molecule has 5 atom stereocenters. The van der Waals surface area contributed by atoms with Gasteiger partial charge in [-0.1, -0.05) is 72.7 Å². The van der Waals surface area contributed by atoms with Crippen LogP contribution in [0.25, 0.3) is 10.4 Å². The van der Waals surface area contributed by atoms with Gasteiger partial charge in [0.05, 0.1) is 6.04 Å². The van der Waals surface area contributed by atoms with Crippen LogP contribution < -0.4 is 16.0 Å². The van der Waals surface area contributed by atoms with E-state index in [1.54, 1.807) is 32.6 Å². The maximum atomic E-state index is 14.3. The summed E-state index contributed by atoms with van der Waals surface area (Å²) >= 11 is 0. The number of amides is 4. The highest BCUT2D eigenvalue weighted by molar-refractivity contribution is 5.95. The average Bonchev–Trinajstić information content (AvgIpc) is 3.40. The van der Waals surface area contributed by atoms with E-state index in [9.17, 15) is 19.2 Å². The summed E-state index contributed by atoms with van der Waals surface area (Å²) in [6.45, 7) is 6.91. The van der Waals surface area contributed by atoms with Crippen molar-refractivity contribution in [3.05, 3.63) is 82.2 Å². The van der Waals surface area contributed by atoms with E-state index in [1.165, 1.54) is 0 Å². The minimum Gasteiger partial charge on any atom is -0.444 e. The number of azide groups is 1. The second-order valence-corrected chi connectivity index (χ2v) is 12.6. The van der Waals surface area contributed by atoms with Crippen molar-refractivity contribution in [2.75, 3.05) is 6.54 Å². The molecule has 2 aromatic rings. The molecule has 2 heterocycles. The fraction of sp³-hybridized carbons (Fsp3) is 0.515. The zero-order valence-electron chi connectivity index (χ0n) is 26.3. The van der Waals surface area contributed by atoms with E-state index in [0.717, 1.165) is 11.1 Å². The van der Waals surface area contributed by atoms with E-state index in [4.69, 9.17) is 10.3 Å². The van der Waals surface area contributed by atoms with E-state index in [-0.39, 0.29) is 24.9 Å². The zero-order chi connectivity index (χ0) is 32.6. The van der Waals surface area contributed by atoms with Crippen molar-refractivity contribution >= 4 is 23.8 Å². The molecular weight excluding hydrogens is 574 g/mol. The number of carbonyl (C=O) groups is 4. The summed E-state index contributed by atoms with van der Waals surface area (Å²) in [6, 6.07) is 15.9. The molecule has 4 amide bonds. The van der Waals surface area contributed by atoms with Gasteiger partial charge in [0.25, 0.3) is 0 Å². The summed E-state index contributed by atoms with van der Waals surface area (Å²) in [7, 11) is 0. The van der Waals surface area contributed by atoms with Crippen molar-refractivity contribution in [3.8, 4) is 0 Å². The molecular formula is C33H43N7O5. The summed E-state index contributed by atoms with van der Waals surface area (Å²) in [5.41, 5.74) is 10.1. The highest BCUT2D eigenvalue weighted by Crippen LogP contribution is 2.35. The average molecular weight is 618 g/mol. The molecule has 0 aliphatic carbocycles. The lowest BCUT2D eigenvalue weighted by molar-refractivity contribution is -0.143. The Hall–Kier alpha value is -4.57. The molecule has 2 aromatic carbocycles. The van der Waals surface area contributed by atoms with Crippen LogP contribution in [0.15, 0.2) is 65.8 Å². The monoisotopic (exact) mass is 617 g/mol. The number of hydrogen-bond acceptors (Lipinski definition) is 6. The third-order valence-electron chi connectivity index (χ3n) is 8.31. The van der Waals surface area contributed by atoms with E-state index in [1.807, 2.05) is 60.7 Å². The van der Waals surface area contributed by atoms with Gasteiger partial charge < -0.3 is 25.6 Å². The summed E-state index contributed by atoms with van der Waals surface area (Å²) in [4.78, 5) is 58.6. The molecule has 2 aliphatic rings. The van der Waals surface area contributed by atoms with Crippen LogP contribution in [0.4, 0.5) is 4.79 Å². The van der Waals surface area contributed by atoms with Crippen molar-refractivity contribution in [1.82, 2.24) is 20.9 Å². The second kappa shape index (κ2) is 14.9. The van der Waals surface area contributed by atoms with Gasteiger partial charge in [-0.25, -0.2) is 4.79 Å². The smallest absolute Gasteiger partial charge is 0.408 e. The number of nitrogens with zero attached hydrogens (tertiary/aromatic N) is 4. The van der Waals surface area contributed by atoms with Gasteiger partial charge >= 0.3 is 6.09 Å². The zero-order valence-corrected chi connectivity index (χ0v) is 26.3. The van der Waals surface area contributed by atoms with E-state index < -0.39 is 53.6 Å². The van der Waals surface area contributed by atoms with Crippen LogP contribution in [-0.2, 0) is 19.1 Å². The number of carbonyl (C=O) groups excluding carboxylic acids is 4. The largest absolute Gasteiger partial charge is 0.444 e. The van der Waals surface area contributed by atoms with Gasteiger partial charge in [0, 0.05) is 17.5 Å². The minimum absolute atomic E-state index is 0.00494. The summed E-state index contributed by atoms with van der Waals surface area (Å²) in [6.07, 6.45) is 1.74. The molecule has 2 aliphatic heterocycles. The second-order valence-electron chi connectivity index (χ2n) is 12.6. The molecule has 3 N–H and O–H groups in total. The standard InChI is InChI=1S/C33H43N7O5/c1-5-25(36-32(44)45-33(2,3)4)29(41)38-28-23(20-35-39-34)16-17-24-18-19-26(40(24)31(28)43)30(42)37-27(21-12-8-6-9-13-21)22-14-10-7-11-15-22/h6-15,23-28H,5,16-20H2,1-4H3,(H,36,44)(H,37,42)(H,38,41)/t23-,24+,25+,26+,28+/m1/s1. The van der Waals surface area contributed by atoms with E-state index in [0.29, 0.717) is 25.7 Å². The van der Waals surface area contributed by atoms with Crippen molar-refractivity contribution in [1.29, 1.82) is 0 Å². The van der Waals surface area contributed by atoms with Crippen LogP contribution in [0.5, 0.6) is 0 Å². The lowest BCUT2D eigenvalue weighted by atomic mass is 9.93. The predicted octanol–water partition coefficient (Wildman–Crippen LogP) is 4.76. The summed E-state index contributed by atoms with van der Waals surface area (Å²) < 4.78 is 5.31. The number of alkyl carbamates (subject to hydrolysis) is 1. The molecule has 0 spiro atoms. The number of fused-ring (bicyclic) bond motifs is 1. The normalized spacial score (nSPS) is 22.0. The van der Waals surface area contributed by atoms with Crippen molar-refractivity contribution < 1.29 is 23.9 Å². The Morgan fingerprint density at radius 1 is 0.978 bits per heavy atom.